The van der Waals surface area contributed by atoms with Gasteiger partial charge in [0.25, 0.3) is 0 Å². The Labute approximate surface area is 157 Å². The number of amides is 1. The first-order chi connectivity index (χ1) is 12.5. The average molecular weight is 366 g/mol. The molecule has 1 heterocycles. The maximum Gasteiger partial charge on any atom is 0.234 e. The Hall–Kier alpha value is -2.60. The first-order valence-corrected chi connectivity index (χ1v) is 9.39. The molecule has 3 rings (SSSR count). The van der Waals surface area contributed by atoms with Gasteiger partial charge in [-0.05, 0) is 38.0 Å². The molecule has 0 fully saturated rings. The highest BCUT2D eigenvalue weighted by Gasteiger charge is 2.14. The normalized spacial score (nSPS) is 10.8. The Morgan fingerprint density at radius 3 is 2.58 bits per heavy atom. The number of carbonyl (C=O) groups excluding carboxylic acids is 1. The first-order valence-electron chi connectivity index (χ1n) is 8.41. The van der Waals surface area contributed by atoms with E-state index >= 15 is 0 Å². The van der Waals surface area contributed by atoms with Crippen molar-refractivity contribution in [3.63, 3.8) is 0 Å². The van der Waals surface area contributed by atoms with Crippen LogP contribution in [0.3, 0.4) is 0 Å². The maximum atomic E-state index is 12.3. The van der Waals surface area contributed by atoms with Crippen molar-refractivity contribution in [2.24, 2.45) is 7.05 Å². The minimum atomic E-state index is -0.0533. The number of aromatic nitrogens is 3. The van der Waals surface area contributed by atoms with Gasteiger partial charge in [-0.1, -0.05) is 53.7 Å². The van der Waals surface area contributed by atoms with Gasteiger partial charge in [-0.25, -0.2) is 0 Å². The van der Waals surface area contributed by atoms with Crippen molar-refractivity contribution in [1.82, 2.24) is 14.8 Å². The van der Waals surface area contributed by atoms with Gasteiger partial charge in [-0.2, -0.15) is 0 Å². The zero-order chi connectivity index (χ0) is 18.7. The van der Waals surface area contributed by atoms with Crippen molar-refractivity contribution in [2.45, 2.75) is 25.9 Å². The molecule has 0 aliphatic heterocycles. The highest BCUT2D eigenvalue weighted by Crippen LogP contribution is 2.25. The van der Waals surface area contributed by atoms with Crippen LogP contribution >= 0.6 is 11.8 Å². The molecule has 3 aromatic rings. The number of thioether (sulfide) groups is 1. The van der Waals surface area contributed by atoms with Crippen LogP contribution in [0.4, 0.5) is 5.69 Å². The SMILES string of the molecule is Cc1ccc(NC(=O)CSc2nnc(-c3ccccc3C)n2C)c(C)c1. The lowest BCUT2D eigenvalue weighted by Crippen LogP contribution is -2.15. The van der Waals surface area contributed by atoms with Crippen LogP contribution in [0, 0.1) is 20.8 Å². The van der Waals surface area contributed by atoms with Crippen molar-refractivity contribution in [3.05, 3.63) is 59.2 Å². The highest BCUT2D eigenvalue weighted by molar-refractivity contribution is 7.99. The van der Waals surface area contributed by atoms with Gasteiger partial charge in [0.15, 0.2) is 11.0 Å². The number of hydrogen-bond donors (Lipinski definition) is 1. The van der Waals surface area contributed by atoms with E-state index in [2.05, 4.69) is 21.6 Å². The molecular formula is C20H22N4OS. The van der Waals surface area contributed by atoms with Crippen molar-refractivity contribution in [1.29, 1.82) is 0 Å². The van der Waals surface area contributed by atoms with Gasteiger partial charge in [0.1, 0.15) is 0 Å². The Bertz CT molecular complexity index is 949. The summed E-state index contributed by atoms with van der Waals surface area (Å²) in [5.74, 6) is 1.04. The van der Waals surface area contributed by atoms with Gasteiger partial charge >= 0.3 is 0 Å². The Kier molecular flexibility index (Phi) is 5.42. The number of benzene rings is 2. The van der Waals surface area contributed by atoms with E-state index in [1.54, 1.807) is 0 Å². The lowest BCUT2D eigenvalue weighted by atomic mass is 10.1. The molecule has 1 aromatic heterocycles. The molecule has 2 aromatic carbocycles. The Morgan fingerprint density at radius 2 is 1.85 bits per heavy atom. The quantitative estimate of drug-likeness (QED) is 0.690. The van der Waals surface area contributed by atoms with E-state index < -0.39 is 0 Å². The highest BCUT2D eigenvalue weighted by atomic mass is 32.2. The topological polar surface area (TPSA) is 59.8 Å². The molecule has 6 heteroatoms. The summed E-state index contributed by atoms with van der Waals surface area (Å²) in [5.41, 5.74) is 5.28. The number of hydrogen-bond acceptors (Lipinski definition) is 4. The molecule has 0 bridgehead atoms. The monoisotopic (exact) mass is 366 g/mol. The summed E-state index contributed by atoms with van der Waals surface area (Å²) in [4.78, 5) is 12.3. The number of carbonyl (C=O) groups is 1. The standard InChI is InChI=1S/C20H22N4OS/c1-13-9-10-17(15(3)11-13)21-18(25)12-26-20-23-22-19(24(20)4)16-8-6-5-7-14(16)2/h5-11H,12H2,1-4H3,(H,21,25). The lowest BCUT2D eigenvalue weighted by molar-refractivity contribution is -0.113. The van der Waals surface area contributed by atoms with Crippen LogP contribution < -0.4 is 5.32 Å². The molecule has 5 nitrogen and oxygen atoms in total. The number of aryl methyl sites for hydroxylation is 3. The van der Waals surface area contributed by atoms with Crippen molar-refractivity contribution >= 4 is 23.4 Å². The van der Waals surface area contributed by atoms with Crippen LogP contribution in [0.25, 0.3) is 11.4 Å². The molecule has 26 heavy (non-hydrogen) atoms. The zero-order valence-corrected chi connectivity index (χ0v) is 16.2. The van der Waals surface area contributed by atoms with Gasteiger partial charge in [0.2, 0.25) is 5.91 Å². The largest absolute Gasteiger partial charge is 0.325 e. The van der Waals surface area contributed by atoms with E-state index in [4.69, 9.17) is 0 Å². The third-order valence-electron chi connectivity index (χ3n) is 4.21. The molecular weight excluding hydrogens is 344 g/mol. The second kappa shape index (κ2) is 7.74. The van der Waals surface area contributed by atoms with Gasteiger partial charge in [0.05, 0.1) is 5.75 Å². The van der Waals surface area contributed by atoms with Crippen molar-refractivity contribution in [2.75, 3.05) is 11.1 Å². The third-order valence-corrected chi connectivity index (χ3v) is 5.23. The summed E-state index contributed by atoms with van der Waals surface area (Å²) in [6.45, 7) is 6.08. The van der Waals surface area contributed by atoms with E-state index in [1.807, 2.05) is 68.8 Å². The molecule has 0 unspecified atom stereocenters. The summed E-state index contributed by atoms with van der Waals surface area (Å²) in [5, 5.41) is 12.2. The fraction of sp³-hybridized carbons (Fsp3) is 0.250. The summed E-state index contributed by atoms with van der Waals surface area (Å²) < 4.78 is 1.93. The van der Waals surface area contributed by atoms with Gasteiger partial charge < -0.3 is 9.88 Å². The van der Waals surface area contributed by atoms with Gasteiger partial charge in [0, 0.05) is 18.3 Å². The fourth-order valence-corrected chi connectivity index (χ4v) is 3.48. The van der Waals surface area contributed by atoms with E-state index in [0.717, 1.165) is 33.4 Å². The van der Waals surface area contributed by atoms with Crippen LogP contribution in [0.1, 0.15) is 16.7 Å². The van der Waals surface area contributed by atoms with Crippen LogP contribution in [0.15, 0.2) is 47.6 Å². The fourth-order valence-electron chi connectivity index (χ4n) is 2.77. The first kappa shape index (κ1) is 18.2. The zero-order valence-electron chi connectivity index (χ0n) is 15.4. The van der Waals surface area contributed by atoms with E-state index in [0.29, 0.717) is 0 Å². The molecule has 0 saturated carbocycles. The summed E-state index contributed by atoms with van der Waals surface area (Å²) in [6, 6.07) is 14.1. The number of nitrogens with zero attached hydrogens (tertiary/aromatic N) is 3. The molecule has 1 N–H and O–H groups in total. The lowest BCUT2D eigenvalue weighted by Gasteiger charge is -2.09. The Balaban J connectivity index is 1.67. The second-order valence-corrected chi connectivity index (χ2v) is 7.28. The summed E-state index contributed by atoms with van der Waals surface area (Å²) >= 11 is 1.38. The third kappa shape index (κ3) is 3.96. The predicted octanol–water partition coefficient (Wildman–Crippen LogP) is 4.14. The van der Waals surface area contributed by atoms with Gasteiger partial charge in [-0.15, -0.1) is 10.2 Å². The smallest absolute Gasteiger partial charge is 0.234 e. The number of anilines is 1. The van der Waals surface area contributed by atoms with Gasteiger partial charge in [-0.3, -0.25) is 4.79 Å². The summed E-state index contributed by atoms with van der Waals surface area (Å²) in [6.07, 6.45) is 0. The molecule has 0 aliphatic rings. The average Bonchev–Trinajstić information content (AvgIpc) is 2.97. The van der Waals surface area contributed by atoms with E-state index in [-0.39, 0.29) is 11.7 Å². The van der Waals surface area contributed by atoms with Crippen molar-refractivity contribution < 1.29 is 4.79 Å². The van der Waals surface area contributed by atoms with E-state index in [9.17, 15) is 4.79 Å². The summed E-state index contributed by atoms with van der Waals surface area (Å²) in [7, 11) is 1.92. The predicted molar refractivity (Wildman–Crippen MR) is 106 cm³/mol. The Morgan fingerprint density at radius 1 is 1.08 bits per heavy atom. The second-order valence-electron chi connectivity index (χ2n) is 6.34. The van der Waals surface area contributed by atoms with Crippen molar-refractivity contribution in [3.8, 4) is 11.4 Å². The minimum absolute atomic E-state index is 0.0533. The number of nitrogens with one attached hydrogen (secondary N) is 1. The molecule has 0 spiro atoms. The molecule has 0 atom stereocenters. The number of rotatable bonds is 5. The molecule has 0 saturated heterocycles. The molecule has 134 valence electrons. The maximum absolute atomic E-state index is 12.3. The minimum Gasteiger partial charge on any atom is -0.325 e. The molecule has 0 radical (unpaired) electrons. The van der Waals surface area contributed by atoms with E-state index in [1.165, 1.54) is 17.3 Å². The van der Waals surface area contributed by atoms with Crippen LogP contribution in [-0.4, -0.2) is 26.4 Å². The van der Waals surface area contributed by atoms with Crippen LogP contribution in [-0.2, 0) is 11.8 Å². The van der Waals surface area contributed by atoms with Crippen LogP contribution in [0.5, 0.6) is 0 Å². The molecule has 1 amide bonds. The molecule has 0 aliphatic carbocycles. The van der Waals surface area contributed by atoms with Crippen LogP contribution in [0.2, 0.25) is 0 Å².